The Balaban J connectivity index is 2.34. The van der Waals surface area contributed by atoms with Crippen LogP contribution in [0.25, 0.3) is 0 Å². The second-order valence-electron chi connectivity index (χ2n) is 15.4. The number of rotatable bonds is 37. The second kappa shape index (κ2) is 34.1. The van der Waals surface area contributed by atoms with Crippen LogP contribution in [0.5, 0.6) is 0 Å². The van der Waals surface area contributed by atoms with Crippen LogP contribution < -0.4 is 0 Å². The van der Waals surface area contributed by atoms with Gasteiger partial charge in [-0.15, -0.1) is 0 Å². The third-order valence-corrected chi connectivity index (χ3v) is 10.8. The summed E-state index contributed by atoms with van der Waals surface area (Å²) in [6.07, 6.45) is 54.2. The molecule has 0 aliphatic carbocycles. The SMILES string of the molecule is CCCCCCCCCCCCCCCCCC(CCCCCCCCCCCCCC)c1nccn1C(C)CCCCCCC. The molecule has 1 heterocycles. The van der Waals surface area contributed by atoms with Gasteiger partial charge < -0.3 is 4.57 Å². The molecule has 0 aromatic carbocycles. The number of aromatic nitrogens is 2. The van der Waals surface area contributed by atoms with E-state index in [4.69, 9.17) is 4.98 Å². The number of hydrogen-bond acceptors (Lipinski definition) is 1. The molecule has 2 heteroatoms. The van der Waals surface area contributed by atoms with Gasteiger partial charge in [0.2, 0.25) is 0 Å². The Morgan fingerprint density at radius 1 is 0.413 bits per heavy atom. The molecule has 0 amide bonds. The first-order valence-corrected chi connectivity index (χ1v) is 21.8. The van der Waals surface area contributed by atoms with Gasteiger partial charge in [0.05, 0.1) is 0 Å². The van der Waals surface area contributed by atoms with Crippen LogP contribution in [0.4, 0.5) is 0 Å². The molecule has 2 unspecified atom stereocenters. The molecular weight excluding hydrogens is 556 g/mol. The highest BCUT2D eigenvalue weighted by atomic mass is 15.1. The summed E-state index contributed by atoms with van der Waals surface area (Å²) >= 11 is 0. The van der Waals surface area contributed by atoms with Gasteiger partial charge in [0.25, 0.3) is 0 Å². The van der Waals surface area contributed by atoms with Gasteiger partial charge in [-0.3, -0.25) is 0 Å². The van der Waals surface area contributed by atoms with Crippen molar-refractivity contribution >= 4 is 0 Å². The molecule has 0 aliphatic rings. The fourth-order valence-electron chi connectivity index (χ4n) is 7.59. The lowest BCUT2D eigenvalue weighted by atomic mass is 9.92. The average molecular weight is 643 g/mol. The van der Waals surface area contributed by atoms with Gasteiger partial charge in [-0.05, 0) is 26.2 Å². The van der Waals surface area contributed by atoms with E-state index in [1.54, 1.807) is 0 Å². The van der Waals surface area contributed by atoms with Crippen molar-refractivity contribution in [1.82, 2.24) is 9.55 Å². The van der Waals surface area contributed by atoms with Crippen LogP contribution in [-0.2, 0) is 0 Å². The highest BCUT2D eigenvalue weighted by Crippen LogP contribution is 2.31. The first kappa shape index (κ1) is 43.2. The molecule has 1 rings (SSSR count). The summed E-state index contributed by atoms with van der Waals surface area (Å²) in [5.74, 6) is 2.07. The van der Waals surface area contributed by atoms with Crippen LogP contribution >= 0.6 is 0 Å². The maximum Gasteiger partial charge on any atom is 0.111 e. The third kappa shape index (κ3) is 25.3. The van der Waals surface area contributed by atoms with Gasteiger partial charge in [-0.1, -0.05) is 226 Å². The zero-order valence-corrected chi connectivity index (χ0v) is 32.5. The lowest BCUT2D eigenvalue weighted by Crippen LogP contribution is -2.13. The first-order valence-electron chi connectivity index (χ1n) is 21.8. The Kier molecular flexibility index (Phi) is 32.0. The molecule has 0 radical (unpaired) electrons. The number of hydrogen-bond donors (Lipinski definition) is 0. The summed E-state index contributed by atoms with van der Waals surface area (Å²) in [6, 6.07) is 0.588. The van der Waals surface area contributed by atoms with E-state index in [1.165, 1.54) is 231 Å². The molecule has 1 aromatic heterocycles. The van der Waals surface area contributed by atoms with Crippen LogP contribution in [0.1, 0.15) is 270 Å². The fraction of sp³-hybridized carbons (Fsp3) is 0.932. The minimum absolute atomic E-state index is 0.588. The van der Waals surface area contributed by atoms with Crippen molar-refractivity contribution in [3.05, 3.63) is 18.2 Å². The first-order chi connectivity index (χ1) is 22.7. The van der Waals surface area contributed by atoms with Crippen LogP contribution in [0, 0.1) is 0 Å². The molecular formula is C44H86N2. The van der Waals surface area contributed by atoms with E-state index in [1.807, 2.05) is 0 Å². The maximum absolute atomic E-state index is 5.02. The van der Waals surface area contributed by atoms with Gasteiger partial charge in [-0.25, -0.2) is 4.98 Å². The molecule has 0 aliphatic heterocycles. The Morgan fingerprint density at radius 2 is 0.696 bits per heavy atom. The molecule has 0 saturated heterocycles. The highest BCUT2D eigenvalue weighted by molar-refractivity contribution is 5.02. The van der Waals surface area contributed by atoms with E-state index in [-0.39, 0.29) is 0 Å². The van der Waals surface area contributed by atoms with Crippen LogP contribution in [-0.4, -0.2) is 9.55 Å². The lowest BCUT2D eigenvalue weighted by Gasteiger charge is -2.22. The maximum atomic E-state index is 5.02. The van der Waals surface area contributed by atoms with Gasteiger partial charge in [-0.2, -0.15) is 0 Å². The zero-order chi connectivity index (χ0) is 33.2. The molecule has 1 aromatic rings. The normalized spacial score (nSPS) is 13.0. The quantitative estimate of drug-likeness (QED) is 0.0660. The van der Waals surface area contributed by atoms with Gasteiger partial charge in [0.1, 0.15) is 5.82 Å². The minimum Gasteiger partial charge on any atom is -0.332 e. The van der Waals surface area contributed by atoms with Crippen molar-refractivity contribution in [1.29, 1.82) is 0 Å². The van der Waals surface area contributed by atoms with Crippen LogP contribution in [0.15, 0.2) is 12.4 Å². The molecule has 0 spiro atoms. The summed E-state index contributed by atoms with van der Waals surface area (Å²) in [7, 11) is 0. The summed E-state index contributed by atoms with van der Waals surface area (Å²) in [5.41, 5.74) is 0. The molecule has 272 valence electrons. The lowest BCUT2D eigenvalue weighted by molar-refractivity contribution is 0.412. The Bertz CT molecular complexity index is 709. The van der Waals surface area contributed by atoms with Gasteiger partial charge in [0.15, 0.2) is 0 Å². The standard InChI is InChI=1S/C44H86N2/c1-5-8-11-14-16-18-20-22-23-24-26-28-30-33-36-39-43(38-35-32-29-27-25-21-19-17-15-12-9-6-2)44-45-40-41-46(44)42(4)37-34-31-13-10-7-3/h40-43H,5-39H2,1-4H3. The molecule has 2 nitrogen and oxygen atoms in total. The summed E-state index contributed by atoms with van der Waals surface area (Å²) in [5, 5.41) is 0. The van der Waals surface area contributed by atoms with Crippen molar-refractivity contribution in [2.45, 2.75) is 264 Å². The van der Waals surface area contributed by atoms with Gasteiger partial charge in [0, 0.05) is 24.4 Å². The van der Waals surface area contributed by atoms with E-state index in [0.717, 1.165) is 0 Å². The minimum atomic E-state index is 0.588. The predicted molar refractivity (Wildman–Crippen MR) is 208 cm³/mol. The van der Waals surface area contributed by atoms with E-state index >= 15 is 0 Å². The summed E-state index contributed by atoms with van der Waals surface area (Å²) in [4.78, 5) is 5.02. The van der Waals surface area contributed by atoms with Crippen LogP contribution in [0.3, 0.4) is 0 Å². The Morgan fingerprint density at radius 3 is 1.02 bits per heavy atom. The van der Waals surface area contributed by atoms with Crippen molar-refractivity contribution in [3.63, 3.8) is 0 Å². The molecule has 0 fully saturated rings. The van der Waals surface area contributed by atoms with E-state index in [2.05, 4.69) is 44.7 Å². The van der Waals surface area contributed by atoms with Crippen molar-refractivity contribution in [3.8, 4) is 0 Å². The van der Waals surface area contributed by atoms with Gasteiger partial charge >= 0.3 is 0 Å². The van der Waals surface area contributed by atoms with E-state index < -0.39 is 0 Å². The Labute approximate surface area is 291 Å². The average Bonchev–Trinajstić information content (AvgIpc) is 3.56. The smallest absolute Gasteiger partial charge is 0.111 e. The second-order valence-corrected chi connectivity index (χ2v) is 15.4. The molecule has 2 atom stereocenters. The molecule has 46 heavy (non-hydrogen) atoms. The Hall–Kier alpha value is -0.790. The largest absolute Gasteiger partial charge is 0.332 e. The van der Waals surface area contributed by atoms with Crippen molar-refractivity contribution in [2.75, 3.05) is 0 Å². The molecule has 0 saturated carbocycles. The molecule has 0 bridgehead atoms. The number of unbranched alkanes of at least 4 members (excludes halogenated alkanes) is 29. The van der Waals surface area contributed by atoms with E-state index in [9.17, 15) is 0 Å². The molecule has 0 N–H and O–H groups in total. The third-order valence-electron chi connectivity index (χ3n) is 10.8. The fourth-order valence-corrected chi connectivity index (χ4v) is 7.59. The highest BCUT2D eigenvalue weighted by Gasteiger charge is 2.19. The number of imidazole rings is 1. The van der Waals surface area contributed by atoms with Crippen LogP contribution in [0.2, 0.25) is 0 Å². The number of nitrogens with zero attached hydrogens (tertiary/aromatic N) is 2. The summed E-state index contributed by atoms with van der Waals surface area (Å²) < 4.78 is 2.58. The van der Waals surface area contributed by atoms with Crippen molar-refractivity contribution < 1.29 is 0 Å². The predicted octanol–water partition coefficient (Wildman–Crippen LogP) is 16.2. The van der Waals surface area contributed by atoms with E-state index in [0.29, 0.717) is 12.0 Å². The monoisotopic (exact) mass is 643 g/mol. The topological polar surface area (TPSA) is 17.8 Å². The van der Waals surface area contributed by atoms with Crippen molar-refractivity contribution in [2.24, 2.45) is 0 Å². The zero-order valence-electron chi connectivity index (χ0n) is 32.5. The summed E-state index contributed by atoms with van der Waals surface area (Å²) in [6.45, 7) is 9.39.